The lowest BCUT2D eigenvalue weighted by Crippen LogP contribution is -2.36. The van der Waals surface area contributed by atoms with E-state index in [0.29, 0.717) is 5.82 Å². The molecule has 88 valence electrons. The van der Waals surface area contributed by atoms with E-state index < -0.39 is 11.7 Å². The molecule has 0 aliphatic carbocycles. The van der Waals surface area contributed by atoms with Gasteiger partial charge in [0.05, 0.1) is 7.11 Å². The lowest BCUT2D eigenvalue weighted by Gasteiger charge is -2.20. The second-order valence-corrected chi connectivity index (χ2v) is 3.68. The van der Waals surface area contributed by atoms with Gasteiger partial charge in [0.1, 0.15) is 11.9 Å². The van der Waals surface area contributed by atoms with Gasteiger partial charge < -0.3 is 10.1 Å². The quantitative estimate of drug-likeness (QED) is 0.724. The normalized spacial score (nSPS) is 12.2. The Labute approximate surface area is 93.0 Å². The van der Waals surface area contributed by atoms with Gasteiger partial charge in [0.15, 0.2) is 0 Å². The van der Waals surface area contributed by atoms with Crippen LogP contribution < -0.4 is 11.0 Å². The molecule has 1 heterocycles. The molecular weight excluding hydrogens is 210 g/mol. The van der Waals surface area contributed by atoms with Crippen LogP contribution in [0.2, 0.25) is 0 Å². The molecule has 0 radical (unpaired) electrons. The number of anilines is 1. The molecule has 0 saturated heterocycles. The van der Waals surface area contributed by atoms with E-state index >= 15 is 0 Å². The highest BCUT2D eigenvalue weighted by Gasteiger charge is 2.22. The summed E-state index contributed by atoms with van der Waals surface area (Å²) in [5.74, 6) is 0.126. The molecule has 0 fully saturated rings. The van der Waals surface area contributed by atoms with E-state index in [0.717, 1.165) is 0 Å². The number of aromatic amines is 1. The standard InChI is InChI=1S/C10H15N3O3/c1-6(2)8(9(14)16-3)12-7-4-5-11-10(15)13-7/h4-6,8H,1-3H3,(H2,11,12,13,15). The van der Waals surface area contributed by atoms with E-state index in [4.69, 9.17) is 0 Å². The van der Waals surface area contributed by atoms with E-state index in [1.54, 1.807) is 6.07 Å². The van der Waals surface area contributed by atoms with Gasteiger partial charge in [-0.2, -0.15) is 0 Å². The summed E-state index contributed by atoms with van der Waals surface area (Å²) >= 11 is 0. The maximum Gasteiger partial charge on any atom is 0.346 e. The van der Waals surface area contributed by atoms with Gasteiger partial charge in [-0.25, -0.2) is 14.6 Å². The highest BCUT2D eigenvalue weighted by molar-refractivity contribution is 5.79. The first-order chi connectivity index (χ1) is 7.54. The van der Waals surface area contributed by atoms with Crippen molar-refractivity contribution in [1.82, 2.24) is 9.97 Å². The van der Waals surface area contributed by atoms with Crippen molar-refractivity contribution in [3.05, 3.63) is 22.7 Å². The van der Waals surface area contributed by atoms with Crippen LogP contribution in [0.15, 0.2) is 17.1 Å². The number of methoxy groups -OCH3 is 1. The zero-order valence-corrected chi connectivity index (χ0v) is 9.48. The summed E-state index contributed by atoms with van der Waals surface area (Å²) in [4.78, 5) is 28.4. The summed E-state index contributed by atoms with van der Waals surface area (Å²) in [5, 5.41) is 2.90. The minimum atomic E-state index is -0.497. The molecule has 0 aliphatic rings. The first-order valence-electron chi connectivity index (χ1n) is 4.94. The molecule has 6 heteroatoms. The van der Waals surface area contributed by atoms with Crippen LogP contribution in [0.5, 0.6) is 0 Å². The Morgan fingerprint density at radius 1 is 1.56 bits per heavy atom. The van der Waals surface area contributed by atoms with E-state index in [1.165, 1.54) is 13.3 Å². The number of carbonyl (C=O) groups is 1. The van der Waals surface area contributed by atoms with Gasteiger partial charge in [-0.15, -0.1) is 0 Å². The van der Waals surface area contributed by atoms with Crippen molar-refractivity contribution >= 4 is 11.8 Å². The van der Waals surface area contributed by atoms with Crippen molar-refractivity contribution in [2.45, 2.75) is 19.9 Å². The fourth-order valence-corrected chi connectivity index (χ4v) is 1.25. The van der Waals surface area contributed by atoms with Crippen LogP contribution in [-0.2, 0) is 9.53 Å². The van der Waals surface area contributed by atoms with E-state index in [9.17, 15) is 9.59 Å². The smallest absolute Gasteiger partial charge is 0.346 e. The number of H-pyrrole nitrogens is 1. The highest BCUT2D eigenvalue weighted by atomic mass is 16.5. The Morgan fingerprint density at radius 2 is 2.25 bits per heavy atom. The first-order valence-corrected chi connectivity index (χ1v) is 4.94. The molecule has 0 amide bonds. The van der Waals surface area contributed by atoms with Gasteiger partial charge in [-0.3, -0.25) is 4.98 Å². The molecule has 0 saturated carbocycles. The van der Waals surface area contributed by atoms with Crippen LogP contribution in [0.1, 0.15) is 13.8 Å². The van der Waals surface area contributed by atoms with Crippen LogP contribution in [0.25, 0.3) is 0 Å². The van der Waals surface area contributed by atoms with Gasteiger partial charge in [-0.05, 0) is 12.0 Å². The van der Waals surface area contributed by atoms with Crippen LogP contribution in [-0.4, -0.2) is 29.1 Å². The summed E-state index contributed by atoms with van der Waals surface area (Å²) in [6, 6.07) is 1.09. The minimum absolute atomic E-state index is 0.0455. The number of nitrogens with zero attached hydrogens (tertiary/aromatic N) is 1. The minimum Gasteiger partial charge on any atom is -0.467 e. The molecule has 1 aromatic heterocycles. The van der Waals surface area contributed by atoms with E-state index in [-0.39, 0.29) is 11.9 Å². The number of ether oxygens (including phenoxy) is 1. The number of hydrogen-bond donors (Lipinski definition) is 2. The summed E-state index contributed by atoms with van der Waals surface area (Å²) in [6.07, 6.45) is 1.37. The summed E-state index contributed by atoms with van der Waals surface area (Å²) < 4.78 is 4.67. The third kappa shape index (κ3) is 3.08. The van der Waals surface area contributed by atoms with Crippen LogP contribution in [0, 0.1) is 5.92 Å². The highest BCUT2D eigenvalue weighted by Crippen LogP contribution is 2.09. The molecule has 0 spiro atoms. The van der Waals surface area contributed by atoms with E-state index in [2.05, 4.69) is 20.0 Å². The molecule has 16 heavy (non-hydrogen) atoms. The molecule has 6 nitrogen and oxygen atoms in total. The predicted molar refractivity (Wildman–Crippen MR) is 59.1 cm³/mol. The fourth-order valence-electron chi connectivity index (χ4n) is 1.25. The molecular formula is C10H15N3O3. The Bertz CT molecular complexity index is 414. The van der Waals surface area contributed by atoms with Crippen molar-refractivity contribution in [2.24, 2.45) is 5.92 Å². The van der Waals surface area contributed by atoms with Gasteiger partial charge >= 0.3 is 11.7 Å². The number of aromatic nitrogens is 2. The van der Waals surface area contributed by atoms with Crippen LogP contribution >= 0.6 is 0 Å². The predicted octanol–water partition coefficient (Wildman–Crippen LogP) is 0.379. The van der Waals surface area contributed by atoms with E-state index in [1.807, 2.05) is 13.8 Å². The van der Waals surface area contributed by atoms with Gasteiger partial charge in [0.2, 0.25) is 0 Å². The topological polar surface area (TPSA) is 84.1 Å². The fraction of sp³-hybridized carbons (Fsp3) is 0.500. The molecule has 1 rings (SSSR count). The molecule has 1 aromatic rings. The monoisotopic (exact) mass is 225 g/mol. The Morgan fingerprint density at radius 3 is 2.75 bits per heavy atom. The maximum absolute atomic E-state index is 11.5. The Hall–Kier alpha value is -1.85. The van der Waals surface area contributed by atoms with Crippen molar-refractivity contribution in [1.29, 1.82) is 0 Å². The second kappa shape index (κ2) is 5.29. The van der Waals surface area contributed by atoms with Crippen LogP contribution in [0.4, 0.5) is 5.82 Å². The second-order valence-electron chi connectivity index (χ2n) is 3.68. The average molecular weight is 225 g/mol. The largest absolute Gasteiger partial charge is 0.467 e. The summed E-state index contributed by atoms with van der Waals surface area (Å²) in [7, 11) is 1.33. The van der Waals surface area contributed by atoms with Crippen molar-refractivity contribution in [2.75, 3.05) is 12.4 Å². The van der Waals surface area contributed by atoms with Gasteiger partial charge in [0.25, 0.3) is 0 Å². The summed E-state index contributed by atoms with van der Waals surface area (Å²) in [6.45, 7) is 3.77. The molecule has 0 aromatic carbocycles. The average Bonchev–Trinajstić information content (AvgIpc) is 2.24. The number of nitrogens with one attached hydrogen (secondary N) is 2. The molecule has 1 unspecified atom stereocenters. The molecule has 0 bridgehead atoms. The van der Waals surface area contributed by atoms with Crippen LogP contribution in [0.3, 0.4) is 0 Å². The number of hydrogen-bond acceptors (Lipinski definition) is 5. The van der Waals surface area contributed by atoms with Crippen molar-refractivity contribution in [3.63, 3.8) is 0 Å². The van der Waals surface area contributed by atoms with Crippen molar-refractivity contribution < 1.29 is 9.53 Å². The summed E-state index contributed by atoms with van der Waals surface area (Å²) in [5.41, 5.74) is -0.461. The Balaban J connectivity index is 2.84. The molecule has 0 aliphatic heterocycles. The zero-order valence-electron chi connectivity index (χ0n) is 9.48. The Kier molecular flexibility index (Phi) is 4.04. The number of esters is 1. The lowest BCUT2D eigenvalue weighted by molar-refractivity contribution is -0.142. The third-order valence-electron chi connectivity index (χ3n) is 2.11. The first kappa shape index (κ1) is 12.2. The lowest BCUT2D eigenvalue weighted by atomic mass is 10.1. The number of rotatable bonds is 4. The number of carbonyl (C=O) groups excluding carboxylic acids is 1. The maximum atomic E-state index is 11.5. The SMILES string of the molecule is COC(=O)C(Nc1ccnc(=O)[nH]1)C(C)C. The third-order valence-corrected chi connectivity index (χ3v) is 2.11. The van der Waals surface area contributed by atoms with Crippen molar-refractivity contribution in [3.8, 4) is 0 Å². The molecule has 2 N–H and O–H groups in total. The zero-order chi connectivity index (χ0) is 12.1. The molecule has 1 atom stereocenters. The van der Waals surface area contributed by atoms with Gasteiger partial charge in [-0.1, -0.05) is 13.8 Å². The van der Waals surface area contributed by atoms with Gasteiger partial charge in [0, 0.05) is 6.20 Å².